The van der Waals surface area contributed by atoms with Gasteiger partial charge in [0.25, 0.3) is 0 Å². The van der Waals surface area contributed by atoms with E-state index in [0.717, 1.165) is 114 Å². The molecule has 17 nitrogen and oxygen atoms in total. The highest BCUT2D eigenvalue weighted by Crippen LogP contribution is 2.45. The van der Waals surface area contributed by atoms with Crippen LogP contribution in [0, 0.1) is 17.8 Å². The SMILES string of the molecule is CCCCCCCCCCCCCCCCCC(=O)O[C@H](COC(=O)CCCCCCCCCCCCC(C)CC)COP(=O)(O)OC[C@@H](O)COP(=O)(O)OC[C@@H](COC(=O)CCCCCCCCC(C)CC)OC(=O)CCCCCCCCCCCC(C)C. The number of phosphoric acid groups is 2. The first-order chi connectivity index (χ1) is 43.8. The first-order valence-corrected chi connectivity index (χ1v) is 40.4. The molecule has 0 aliphatic rings. The van der Waals surface area contributed by atoms with Crippen molar-refractivity contribution < 1.29 is 80.2 Å². The maximum Gasteiger partial charge on any atom is 0.472 e. The average molecular weight is 1340 g/mol. The molecule has 7 atom stereocenters. The minimum atomic E-state index is -4.95. The van der Waals surface area contributed by atoms with Gasteiger partial charge in [0, 0.05) is 25.7 Å². The van der Waals surface area contributed by atoms with Crippen LogP contribution in [-0.2, 0) is 65.4 Å². The summed E-state index contributed by atoms with van der Waals surface area (Å²) in [5.74, 6) is 0.153. The summed E-state index contributed by atoms with van der Waals surface area (Å²) < 4.78 is 68.4. The molecule has 0 aromatic heterocycles. The third kappa shape index (κ3) is 63.9. The fourth-order valence-electron chi connectivity index (χ4n) is 10.8. The van der Waals surface area contributed by atoms with Gasteiger partial charge in [-0.1, -0.05) is 312 Å². The van der Waals surface area contributed by atoms with E-state index in [1.807, 2.05) is 0 Å². The fourth-order valence-corrected chi connectivity index (χ4v) is 12.4. The van der Waals surface area contributed by atoms with Gasteiger partial charge in [-0.25, -0.2) is 9.13 Å². The van der Waals surface area contributed by atoms with Crippen LogP contribution in [0.2, 0.25) is 0 Å². The lowest BCUT2D eigenvalue weighted by Gasteiger charge is -2.21. The van der Waals surface area contributed by atoms with Gasteiger partial charge in [-0.05, 0) is 43.4 Å². The zero-order valence-corrected chi connectivity index (χ0v) is 61.1. The molecule has 0 aromatic carbocycles. The fraction of sp³-hybridized carbons (Fsp3) is 0.944. The molecule has 0 saturated carbocycles. The topological polar surface area (TPSA) is 237 Å². The number of hydrogen-bond acceptors (Lipinski definition) is 15. The van der Waals surface area contributed by atoms with E-state index in [4.69, 9.17) is 37.0 Å². The van der Waals surface area contributed by atoms with Gasteiger partial charge in [-0.15, -0.1) is 0 Å². The molecule has 3 N–H and O–H groups in total. The van der Waals surface area contributed by atoms with Gasteiger partial charge in [0.15, 0.2) is 12.2 Å². The summed E-state index contributed by atoms with van der Waals surface area (Å²) in [4.78, 5) is 72.6. The Morgan fingerprint density at radius 3 is 0.835 bits per heavy atom. The van der Waals surface area contributed by atoms with Gasteiger partial charge in [0.2, 0.25) is 0 Å². The van der Waals surface area contributed by atoms with Crippen molar-refractivity contribution in [3.8, 4) is 0 Å². The van der Waals surface area contributed by atoms with Gasteiger partial charge in [-0.2, -0.15) is 0 Å². The van der Waals surface area contributed by atoms with Crippen LogP contribution >= 0.6 is 15.6 Å². The molecule has 0 saturated heterocycles. The van der Waals surface area contributed by atoms with Crippen LogP contribution in [0.25, 0.3) is 0 Å². The van der Waals surface area contributed by atoms with E-state index in [9.17, 15) is 43.2 Å². The summed E-state index contributed by atoms with van der Waals surface area (Å²) >= 11 is 0. The van der Waals surface area contributed by atoms with Crippen molar-refractivity contribution in [3.05, 3.63) is 0 Å². The summed E-state index contributed by atoms with van der Waals surface area (Å²) in [6, 6.07) is 0. The van der Waals surface area contributed by atoms with Gasteiger partial charge in [0.1, 0.15) is 19.3 Å². The van der Waals surface area contributed by atoms with E-state index >= 15 is 0 Å². The number of carbonyl (C=O) groups is 4. The number of aliphatic hydroxyl groups is 1. The van der Waals surface area contributed by atoms with Crippen molar-refractivity contribution in [2.24, 2.45) is 17.8 Å². The van der Waals surface area contributed by atoms with E-state index in [0.29, 0.717) is 25.7 Å². The second kappa shape index (κ2) is 62.8. The Morgan fingerprint density at radius 2 is 0.560 bits per heavy atom. The molecule has 0 aliphatic carbocycles. The monoisotopic (exact) mass is 1340 g/mol. The molecule has 0 aliphatic heterocycles. The maximum absolute atomic E-state index is 13.0. The second-order valence-corrected chi connectivity index (χ2v) is 29.8. The number of unbranched alkanes of at least 4 members (excludes halogenated alkanes) is 36. The minimum absolute atomic E-state index is 0.104. The van der Waals surface area contributed by atoms with E-state index < -0.39 is 97.5 Å². The predicted octanol–water partition coefficient (Wildman–Crippen LogP) is 20.6. The molecule has 0 heterocycles. The number of hydrogen-bond donors (Lipinski definition) is 3. The Bertz CT molecular complexity index is 1790. The summed E-state index contributed by atoms with van der Waals surface area (Å²) in [6.45, 7) is 11.8. The van der Waals surface area contributed by atoms with Crippen LogP contribution < -0.4 is 0 Å². The standard InChI is InChI=1S/C72H140O17P2/c1-8-11-12-13-14-15-16-17-18-19-20-27-32-41-48-55-71(76)88-67(59-82-69(74)53-46-39-31-26-22-21-25-30-37-44-51-64(6)9-2)61-86-90(78,79)84-57-66(73)58-85-91(80,81)87-62-68(60-83-70(75)54-47-40-35-34-38-45-52-65(7)10-3)89-72(77)56-49-42-33-28-23-24-29-36-43-50-63(4)5/h63-68,73H,8-62H2,1-7H3,(H,78,79)(H,80,81)/t64?,65?,66-,67-,68-/m1/s1. The summed E-state index contributed by atoms with van der Waals surface area (Å²) in [7, 11) is -9.91. The average Bonchev–Trinajstić information content (AvgIpc) is 3.64. The van der Waals surface area contributed by atoms with Gasteiger partial charge in [0.05, 0.1) is 26.4 Å². The molecule has 19 heteroatoms. The van der Waals surface area contributed by atoms with Crippen molar-refractivity contribution >= 4 is 39.5 Å². The van der Waals surface area contributed by atoms with Crippen molar-refractivity contribution in [2.45, 2.75) is 381 Å². The van der Waals surface area contributed by atoms with Crippen LogP contribution in [-0.4, -0.2) is 96.7 Å². The molecule has 0 bridgehead atoms. The van der Waals surface area contributed by atoms with Crippen LogP contribution in [0.1, 0.15) is 363 Å². The summed E-state index contributed by atoms with van der Waals surface area (Å²) in [6.07, 6.45) is 47.1. The van der Waals surface area contributed by atoms with Crippen LogP contribution in [0.3, 0.4) is 0 Å². The molecule has 0 aromatic rings. The summed E-state index contributed by atoms with van der Waals surface area (Å²) in [5.41, 5.74) is 0. The highest BCUT2D eigenvalue weighted by atomic mass is 31.2. The Hall–Kier alpha value is -1.94. The van der Waals surface area contributed by atoms with Crippen molar-refractivity contribution in [3.63, 3.8) is 0 Å². The molecular formula is C72H140O17P2. The predicted molar refractivity (Wildman–Crippen MR) is 368 cm³/mol. The molecular weight excluding hydrogens is 1200 g/mol. The molecule has 91 heavy (non-hydrogen) atoms. The zero-order valence-electron chi connectivity index (χ0n) is 59.3. The lowest BCUT2D eigenvalue weighted by Crippen LogP contribution is -2.30. The third-order valence-corrected chi connectivity index (χ3v) is 19.3. The molecule has 4 unspecified atom stereocenters. The van der Waals surface area contributed by atoms with Gasteiger partial charge in [-0.3, -0.25) is 37.3 Å². The van der Waals surface area contributed by atoms with E-state index in [2.05, 4.69) is 48.5 Å². The number of phosphoric ester groups is 2. The van der Waals surface area contributed by atoms with E-state index in [1.54, 1.807) is 0 Å². The quantitative estimate of drug-likeness (QED) is 0.0222. The molecule has 0 amide bonds. The Kier molecular flexibility index (Phi) is 61.5. The number of esters is 4. The Morgan fingerprint density at radius 1 is 0.319 bits per heavy atom. The van der Waals surface area contributed by atoms with Crippen LogP contribution in [0.15, 0.2) is 0 Å². The number of aliphatic hydroxyl groups excluding tert-OH is 1. The Balaban J connectivity index is 5.27. The summed E-state index contributed by atoms with van der Waals surface area (Å²) in [5, 5.41) is 10.6. The lowest BCUT2D eigenvalue weighted by molar-refractivity contribution is -0.161. The largest absolute Gasteiger partial charge is 0.472 e. The van der Waals surface area contributed by atoms with Crippen molar-refractivity contribution in [1.82, 2.24) is 0 Å². The van der Waals surface area contributed by atoms with E-state index in [-0.39, 0.29) is 25.7 Å². The normalized spacial score (nSPS) is 14.8. The van der Waals surface area contributed by atoms with Gasteiger partial charge < -0.3 is 33.8 Å². The molecule has 0 rings (SSSR count). The smallest absolute Gasteiger partial charge is 0.462 e. The zero-order chi connectivity index (χ0) is 67.3. The third-order valence-electron chi connectivity index (χ3n) is 17.4. The Labute approximate surface area is 556 Å². The second-order valence-electron chi connectivity index (χ2n) is 26.9. The maximum atomic E-state index is 13.0. The lowest BCUT2D eigenvalue weighted by atomic mass is 9.99. The number of carbonyl (C=O) groups excluding carboxylic acids is 4. The highest BCUT2D eigenvalue weighted by Gasteiger charge is 2.30. The molecule has 540 valence electrons. The molecule has 0 fully saturated rings. The van der Waals surface area contributed by atoms with Crippen LogP contribution in [0.4, 0.5) is 0 Å². The van der Waals surface area contributed by atoms with Gasteiger partial charge >= 0.3 is 39.5 Å². The highest BCUT2D eigenvalue weighted by molar-refractivity contribution is 7.47. The number of ether oxygens (including phenoxy) is 4. The van der Waals surface area contributed by atoms with Crippen molar-refractivity contribution in [1.29, 1.82) is 0 Å². The van der Waals surface area contributed by atoms with E-state index in [1.165, 1.54) is 167 Å². The first-order valence-electron chi connectivity index (χ1n) is 37.4. The van der Waals surface area contributed by atoms with Crippen molar-refractivity contribution in [2.75, 3.05) is 39.6 Å². The van der Waals surface area contributed by atoms with Crippen LogP contribution in [0.5, 0.6) is 0 Å². The minimum Gasteiger partial charge on any atom is -0.462 e. The number of rotatable bonds is 70. The molecule has 0 radical (unpaired) electrons. The first kappa shape index (κ1) is 89.1. The molecule has 0 spiro atoms.